The molecule has 0 atom stereocenters. The van der Waals surface area contributed by atoms with Crippen LogP contribution < -0.4 is 0 Å². The second-order valence-corrected chi connectivity index (χ2v) is 9.50. The Morgan fingerprint density at radius 1 is 0.514 bits per heavy atom. The summed E-state index contributed by atoms with van der Waals surface area (Å²) in [7, 11) is 0. The maximum Gasteiger partial charge on any atom is 0.177 e. The predicted molar refractivity (Wildman–Crippen MR) is 144 cm³/mol. The Hall–Kier alpha value is -4.12. The molecule has 0 saturated heterocycles. The molecule has 2 aliphatic rings. The Morgan fingerprint density at radius 2 is 0.811 bits per heavy atom. The van der Waals surface area contributed by atoms with Gasteiger partial charge in [0, 0.05) is 22.3 Å². The third kappa shape index (κ3) is 4.05. The smallest absolute Gasteiger partial charge is 0.177 e. The maximum atomic E-state index is 11.7. The summed E-state index contributed by atoms with van der Waals surface area (Å²) in [5.41, 5.74) is 4.80. The first-order valence-electron chi connectivity index (χ1n) is 12.5. The fourth-order valence-corrected chi connectivity index (χ4v) is 5.56. The Morgan fingerprint density at radius 3 is 1.14 bits per heavy atom. The standard InChI is InChI=1S/C34H26O3/c35-33(29-15-5-1-11-25(29)23-26-12-2-6-16-30(26)33)19-9-21-37-22-10-20-34(36)31-17-7-3-13-27(31)24-28-14-4-8-18-32(28)34/h1-8,11-18,35-36H,21-24H2. The van der Waals surface area contributed by atoms with E-state index in [1.807, 2.05) is 97.1 Å². The van der Waals surface area contributed by atoms with E-state index in [2.05, 4.69) is 23.7 Å². The molecule has 3 nitrogen and oxygen atoms in total. The quantitative estimate of drug-likeness (QED) is 0.322. The number of hydrogen-bond acceptors (Lipinski definition) is 3. The van der Waals surface area contributed by atoms with Crippen LogP contribution in [0.4, 0.5) is 0 Å². The minimum atomic E-state index is -1.38. The SMILES string of the molecule is OC1(C#CCOCC#CC2(O)c3ccccc3Cc3ccccc32)c2ccccc2Cc2ccccc21. The monoisotopic (exact) mass is 482 g/mol. The molecule has 0 saturated carbocycles. The molecule has 37 heavy (non-hydrogen) atoms. The molecule has 4 aromatic rings. The van der Waals surface area contributed by atoms with Crippen molar-refractivity contribution in [1.29, 1.82) is 0 Å². The second-order valence-electron chi connectivity index (χ2n) is 9.50. The molecular formula is C34H26O3. The highest BCUT2D eigenvalue weighted by Gasteiger charge is 2.38. The summed E-state index contributed by atoms with van der Waals surface area (Å²) < 4.78 is 5.69. The van der Waals surface area contributed by atoms with Crippen molar-refractivity contribution in [3.8, 4) is 23.7 Å². The summed E-state index contributed by atoms with van der Waals surface area (Å²) in [5, 5.41) is 23.4. The van der Waals surface area contributed by atoms with Crippen molar-refractivity contribution in [2.24, 2.45) is 0 Å². The first kappa shape index (κ1) is 23.3. The van der Waals surface area contributed by atoms with Gasteiger partial charge in [-0.3, -0.25) is 0 Å². The lowest BCUT2D eigenvalue weighted by Crippen LogP contribution is -2.32. The zero-order chi connectivity index (χ0) is 25.3. The van der Waals surface area contributed by atoms with Crippen LogP contribution in [0.15, 0.2) is 97.1 Å². The van der Waals surface area contributed by atoms with Gasteiger partial charge in [0.15, 0.2) is 11.2 Å². The second kappa shape index (κ2) is 9.40. The normalized spacial score (nSPS) is 15.4. The Labute approximate surface area is 217 Å². The predicted octanol–water partition coefficient (Wildman–Crippen LogP) is 4.69. The minimum Gasteiger partial charge on any atom is -0.369 e. The average molecular weight is 483 g/mol. The molecule has 0 spiro atoms. The molecule has 0 heterocycles. The molecule has 0 fully saturated rings. The summed E-state index contributed by atoms with van der Waals surface area (Å²) in [4.78, 5) is 0. The highest BCUT2D eigenvalue weighted by Crippen LogP contribution is 2.40. The largest absolute Gasteiger partial charge is 0.369 e. The summed E-state index contributed by atoms with van der Waals surface area (Å²) >= 11 is 0. The maximum absolute atomic E-state index is 11.7. The first-order valence-corrected chi connectivity index (χ1v) is 12.5. The highest BCUT2D eigenvalue weighted by molar-refractivity contribution is 5.57. The third-order valence-electron chi connectivity index (χ3n) is 7.28. The summed E-state index contributed by atoms with van der Waals surface area (Å²) in [6.45, 7) is 0.236. The molecule has 4 aromatic carbocycles. The Balaban J connectivity index is 1.20. The van der Waals surface area contributed by atoms with Crippen LogP contribution in [-0.4, -0.2) is 23.4 Å². The van der Waals surface area contributed by atoms with Crippen LogP contribution in [0, 0.1) is 23.7 Å². The van der Waals surface area contributed by atoms with E-state index in [1.165, 1.54) is 0 Å². The van der Waals surface area contributed by atoms with Gasteiger partial charge < -0.3 is 14.9 Å². The average Bonchev–Trinajstić information content (AvgIpc) is 2.93. The van der Waals surface area contributed by atoms with Crippen molar-refractivity contribution in [2.45, 2.75) is 24.0 Å². The Bertz CT molecular complexity index is 1400. The van der Waals surface area contributed by atoms with E-state index in [4.69, 9.17) is 4.74 Å². The number of rotatable bonds is 2. The molecule has 0 radical (unpaired) electrons. The molecule has 0 aromatic heterocycles. The first-order chi connectivity index (χ1) is 18.1. The van der Waals surface area contributed by atoms with Gasteiger partial charge in [0.1, 0.15) is 13.2 Å². The molecular weight excluding hydrogens is 456 g/mol. The molecule has 2 aliphatic carbocycles. The van der Waals surface area contributed by atoms with Crippen molar-refractivity contribution in [1.82, 2.24) is 0 Å². The van der Waals surface area contributed by atoms with E-state index in [0.717, 1.165) is 57.3 Å². The van der Waals surface area contributed by atoms with Gasteiger partial charge in [0.2, 0.25) is 0 Å². The lowest BCUT2D eigenvalue weighted by Gasteiger charge is -2.32. The lowest BCUT2D eigenvalue weighted by molar-refractivity contribution is 0.139. The van der Waals surface area contributed by atoms with Crippen LogP contribution in [0.1, 0.15) is 44.5 Å². The number of benzene rings is 4. The van der Waals surface area contributed by atoms with E-state index in [0.29, 0.717) is 0 Å². The number of hydrogen-bond donors (Lipinski definition) is 2. The zero-order valence-electron chi connectivity index (χ0n) is 20.4. The third-order valence-corrected chi connectivity index (χ3v) is 7.28. The molecule has 0 amide bonds. The molecule has 3 heteroatoms. The summed E-state index contributed by atoms with van der Waals surface area (Å²) in [6, 6.07) is 31.6. The molecule has 0 aliphatic heterocycles. The minimum absolute atomic E-state index is 0.118. The molecule has 180 valence electrons. The van der Waals surface area contributed by atoms with E-state index < -0.39 is 11.2 Å². The molecule has 2 N–H and O–H groups in total. The van der Waals surface area contributed by atoms with Gasteiger partial charge in [-0.05, 0) is 35.1 Å². The van der Waals surface area contributed by atoms with Gasteiger partial charge in [0.25, 0.3) is 0 Å². The van der Waals surface area contributed by atoms with Crippen molar-refractivity contribution in [3.63, 3.8) is 0 Å². The van der Waals surface area contributed by atoms with Crippen LogP contribution >= 0.6 is 0 Å². The Kier molecular flexibility index (Phi) is 5.91. The number of fused-ring (bicyclic) bond motifs is 4. The zero-order valence-corrected chi connectivity index (χ0v) is 20.4. The summed E-state index contributed by atoms with van der Waals surface area (Å²) in [6.07, 6.45) is 1.55. The topological polar surface area (TPSA) is 49.7 Å². The van der Waals surface area contributed by atoms with Gasteiger partial charge in [-0.2, -0.15) is 0 Å². The number of aliphatic hydroxyl groups is 2. The van der Waals surface area contributed by atoms with Gasteiger partial charge in [-0.1, -0.05) is 121 Å². The lowest BCUT2D eigenvalue weighted by atomic mass is 9.75. The number of ether oxygens (including phenoxy) is 1. The molecule has 0 unspecified atom stereocenters. The van der Waals surface area contributed by atoms with Crippen molar-refractivity contribution >= 4 is 0 Å². The van der Waals surface area contributed by atoms with Crippen molar-refractivity contribution < 1.29 is 14.9 Å². The van der Waals surface area contributed by atoms with Crippen LogP contribution in [0.25, 0.3) is 0 Å². The van der Waals surface area contributed by atoms with Gasteiger partial charge in [0.05, 0.1) is 0 Å². The van der Waals surface area contributed by atoms with E-state index in [-0.39, 0.29) is 13.2 Å². The van der Waals surface area contributed by atoms with E-state index in [9.17, 15) is 10.2 Å². The van der Waals surface area contributed by atoms with Crippen molar-refractivity contribution in [3.05, 3.63) is 142 Å². The summed E-state index contributed by atoms with van der Waals surface area (Å²) in [5.74, 6) is 12.1. The van der Waals surface area contributed by atoms with Crippen LogP contribution in [0.3, 0.4) is 0 Å². The van der Waals surface area contributed by atoms with Crippen LogP contribution in [0.2, 0.25) is 0 Å². The fourth-order valence-electron chi connectivity index (χ4n) is 5.56. The van der Waals surface area contributed by atoms with E-state index in [1.54, 1.807) is 0 Å². The van der Waals surface area contributed by atoms with Crippen LogP contribution in [0.5, 0.6) is 0 Å². The van der Waals surface area contributed by atoms with Gasteiger partial charge in [-0.15, -0.1) is 0 Å². The molecule has 6 rings (SSSR count). The highest BCUT2D eigenvalue weighted by atomic mass is 16.5. The van der Waals surface area contributed by atoms with E-state index >= 15 is 0 Å². The van der Waals surface area contributed by atoms with Gasteiger partial charge in [-0.25, -0.2) is 0 Å². The fraction of sp³-hybridized carbons (Fsp3) is 0.176. The van der Waals surface area contributed by atoms with Crippen molar-refractivity contribution in [2.75, 3.05) is 13.2 Å². The van der Waals surface area contributed by atoms with Gasteiger partial charge >= 0.3 is 0 Å². The van der Waals surface area contributed by atoms with Crippen LogP contribution in [-0.2, 0) is 28.8 Å². The molecule has 0 bridgehead atoms.